The number of nitrogens with one attached hydrogen (secondary N) is 1. The van der Waals surface area contributed by atoms with Crippen molar-refractivity contribution in [2.24, 2.45) is 5.92 Å². The van der Waals surface area contributed by atoms with Gasteiger partial charge in [0.1, 0.15) is 23.8 Å². The molecule has 12 heteroatoms. The fourth-order valence-electron chi connectivity index (χ4n) is 3.34. The van der Waals surface area contributed by atoms with Crippen molar-refractivity contribution in [3.8, 4) is 5.75 Å². The summed E-state index contributed by atoms with van der Waals surface area (Å²) in [5, 5.41) is 2.59. The van der Waals surface area contributed by atoms with Crippen LogP contribution in [0.15, 0.2) is 47.4 Å². The van der Waals surface area contributed by atoms with Crippen LogP contribution in [0.25, 0.3) is 0 Å². The van der Waals surface area contributed by atoms with E-state index in [1.54, 1.807) is 30.3 Å². The third-order valence-electron chi connectivity index (χ3n) is 4.88. The van der Waals surface area contributed by atoms with Crippen LogP contribution in [0.5, 0.6) is 5.75 Å². The zero-order chi connectivity index (χ0) is 23.3. The van der Waals surface area contributed by atoms with Crippen LogP contribution in [0.1, 0.15) is 26.5 Å². The van der Waals surface area contributed by atoms with Gasteiger partial charge in [-0.1, -0.05) is 25.1 Å². The van der Waals surface area contributed by atoms with E-state index in [2.05, 4.69) is 14.8 Å². The number of para-hydroxylation sites is 1. The Morgan fingerprint density at radius 3 is 2.75 bits per heavy atom. The van der Waals surface area contributed by atoms with Gasteiger partial charge in [0.05, 0.1) is 19.8 Å². The summed E-state index contributed by atoms with van der Waals surface area (Å²) >= 11 is 0. The molecule has 1 aromatic carbocycles. The number of nitrogens with two attached hydrogens (primary N) is 1. The van der Waals surface area contributed by atoms with Gasteiger partial charge in [0, 0.05) is 12.1 Å². The predicted octanol–water partition coefficient (Wildman–Crippen LogP) is 2.10. The van der Waals surface area contributed by atoms with Crippen LogP contribution in [-0.4, -0.2) is 41.4 Å². The van der Waals surface area contributed by atoms with E-state index in [9.17, 15) is 14.2 Å². The summed E-state index contributed by atoms with van der Waals surface area (Å²) < 4.78 is 36.6. The zero-order valence-corrected chi connectivity index (χ0v) is 18.9. The normalized spacial score (nSPS) is 23.3. The Labute approximate surface area is 185 Å². The first kappa shape index (κ1) is 23.9. The maximum atomic E-state index is 13.4. The van der Waals surface area contributed by atoms with Crippen molar-refractivity contribution in [2.75, 3.05) is 19.5 Å². The highest BCUT2D eigenvalue weighted by molar-refractivity contribution is 7.52. The number of carbonyl (C=O) groups excluding carboxylic acids is 1. The second-order valence-corrected chi connectivity index (χ2v) is 9.17. The van der Waals surface area contributed by atoms with Crippen molar-refractivity contribution in [2.45, 2.75) is 38.6 Å². The predicted molar refractivity (Wildman–Crippen MR) is 116 cm³/mol. The van der Waals surface area contributed by atoms with Gasteiger partial charge in [0.2, 0.25) is 0 Å². The van der Waals surface area contributed by atoms with Gasteiger partial charge in [-0.3, -0.25) is 13.9 Å². The van der Waals surface area contributed by atoms with E-state index in [4.69, 9.17) is 19.5 Å². The molecular formula is C20H27N4O7P. The Balaban J connectivity index is 1.70. The molecule has 0 aliphatic carbocycles. The number of methoxy groups -OCH3 is 1. The maximum Gasteiger partial charge on any atom is 0.459 e. The smallest absolute Gasteiger partial charge is 0.459 e. The number of nitrogen functional groups attached to an aromatic ring is 1. The molecule has 0 spiro atoms. The van der Waals surface area contributed by atoms with Gasteiger partial charge < -0.3 is 19.7 Å². The summed E-state index contributed by atoms with van der Waals surface area (Å²) in [6.45, 7) is 3.31. The summed E-state index contributed by atoms with van der Waals surface area (Å²) in [5.74, 6) is -0.227. The molecular weight excluding hydrogens is 439 g/mol. The summed E-state index contributed by atoms with van der Waals surface area (Å²) in [6, 6.07) is 9.02. The van der Waals surface area contributed by atoms with E-state index in [0.717, 1.165) is 0 Å². The first-order chi connectivity index (χ1) is 15.2. The molecule has 0 bridgehead atoms. The largest absolute Gasteiger partial charge is 0.468 e. The lowest BCUT2D eigenvalue weighted by atomic mass is 10.1. The lowest BCUT2D eigenvalue weighted by Gasteiger charge is -2.24. The van der Waals surface area contributed by atoms with Crippen LogP contribution in [0.3, 0.4) is 0 Å². The van der Waals surface area contributed by atoms with Gasteiger partial charge in [-0.15, -0.1) is 0 Å². The van der Waals surface area contributed by atoms with Crippen LogP contribution in [0.2, 0.25) is 0 Å². The molecule has 1 aliphatic heterocycles. The minimum atomic E-state index is -3.97. The number of anilines is 1. The fourth-order valence-corrected chi connectivity index (χ4v) is 4.86. The van der Waals surface area contributed by atoms with E-state index < -0.39 is 37.8 Å². The van der Waals surface area contributed by atoms with Crippen molar-refractivity contribution >= 4 is 19.5 Å². The Kier molecular flexibility index (Phi) is 7.68. The monoisotopic (exact) mass is 466 g/mol. The number of rotatable bonds is 9. The molecule has 2 aromatic rings. The second kappa shape index (κ2) is 10.3. The van der Waals surface area contributed by atoms with E-state index in [1.165, 1.54) is 30.9 Å². The standard InChI is InChI=1S/C20H27N4O7P/c1-13-11-16(30-18(13)24-10-9-17(21)22-20(24)26)12-29-32(27,23-14(2)19(25)28-3)31-15-7-5-4-6-8-15/h4-10,13-14,16,18H,11-12H2,1-3H3,(H,23,27)(H2,21,22,26)/t13?,14-,16?,18?,32?/m0/s1. The molecule has 3 rings (SSSR count). The second-order valence-electron chi connectivity index (χ2n) is 7.48. The lowest BCUT2D eigenvalue weighted by molar-refractivity contribution is -0.142. The molecule has 3 N–H and O–H groups in total. The molecule has 1 saturated heterocycles. The van der Waals surface area contributed by atoms with Crippen LogP contribution < -0.4 is 21.0 Å². The van der Waals surface area contributed by atoms with E-state index >= 15 is 0 Å². The van der Waals surface area contributed by atoms with Crippen LogP contribution in [0, 0.1) is 5.92 Å². The average molecular weight is 466 g/mol. The topological polar surface area (TPSA) is 144 Å². The quantitative estimate of drug-likeness (QED) is 0.416. The Morgan fingerprint density at radius 1 is 1.38 bits per heavy atom. The lowest BCUT2D eigenvalue weighted by Crippen LogP contribution is -2.35. The number of aromatic nitrogens is 2. The SMILES string of the molecule is COC(=O)[C@H](C)NP(=O)(OCC1CC(C)C(n2ccc(N)nc2=O)O1)Oc1ccccc1. The maximum absolute atomic E-state index is 13.4. The van der Waals surface area contributed by atoms with Gasteiger partial charge in [-0.25, -0.2) is 9.36 Å². The van der Waals surface area contributed by atoms with Gasteiger partial charge in [-0.2, -0.15) is 10.1 Å². The van der Waals surface area contributed by atoms with Gasteiger partial charge in [-0.05, 0) is 31.5 Å². The first-order valence-corrected chi connectivity index (χ1v) is 11.6. The molecule has 0 saturated carbocycles. The molecule has 2 heterocycles. The van der Waals surface area contributed by atoms with Crippen molar-refractivity contribution in [3.05, 3.63) is 53.1 Å². The molecule has 1 fully saturated rings. The summed E-state index contributed by atoms with van der Waals surface area (Å²) in [4.78, 5) is 27.7. The van der Waals surface area contributed by atoms with Crippen molar-refractivity contribution in [1.82, 2.24) is 14.6 Å². The number of benzene rings is 1. The van der Waals surface area contributed by atoms with Gasteiger partial charge in [0.25, 0.3) is 0 Å². The highest BCUT2D eigenvalue weighted by atomic mass is 31.2. The van der Waals surface area contributed by atoms with Crippen LogP contribution in [-0.2, 0) is 23.4 Å². The number of ether oxygens (including phenoxy) is 2. The number of nitrogens with zero attached hydrogens (tertiary/aromatic N) is 2. The molecule has 1 aliphatic rings. The highest BCUT2D eigenvalue weighted by Crippen LogP contribution is 2.46. The molecule has 5 atom stereocenters. The number of esters is 1. The number of carbonyl (C=O) groups is 1. The fraction of sp³-hybridized carbons (Fsp3) is 0.450. The zero-order valence-electron chi connectivity index (χ0n) is 18.0. The molecule has 11 nitrogen and oxygen atoms in total. The number of hydrogen-bond acceptors (Lipinski definition) is 9. The van der Waals surface area contributed by atoms with Gasteiger partial charge >= 0.3 is 19.4 Å². The molecule has 0 radical (unpaired) electrons. The van der Waals surface area contributed by atoms with E-state index in [-0.39, 0.29) is 18.3 Å². The highest BCUT2D eigenvalue weighted by Gasteiger charge is 2.38. The van der Waals surface area contributed by atoms with Crippen molar-refractivity contribution in [3.63, 3.8) is 0 Å². The Morgan fingerprint density at radius 2 is 2.09 bits per heavy atom. The molecule has 32 heavy (non-hydrogen) atoms. The average Bonchev–Trinajstić information content (AvgIpc) is 3.12. The third-order valence-corrected chi connectivity index (χ3v) is 6.53. The first-order valence-electron chi connectivity index (χ1n) is 10.1. The number of hydrogen-bond donors (Lipinski definition) is 2. The summed E-state index contributed by atoms with van der Waals surface area (Å²) in [5.41, 5.74) is 5.03. The minimum absolute atomic E-state index is 0.0388. The van der Waals surface area contributed by atoms with E-state index in [0.29, 0.717) is 12.2 Å². The van der Waals surface area contributed by atoms with Crippen LogP contribution in [0.4, 0.5) is 5.82 Å². The van der Waals surface area contributed by atoms with Gasteiger partial charge in [0.15, 0.2) is 0 Å². The van der Waals surface area contributed by atoms with Crippen molar-refractivity contribution in [1.29, 1.82) is 0 Å². The van der Waals surface area contributed by atoms with Crippen LogP contribution >= 0.6 is 7.75 Å². The molecule has 0 amide bonds. The summed E-state index contributed by atoms with van der Waals surface area (Å²) in [7, 11) is -2.74. The van der Waals surface area contributed by atoms with E-state index in [1.807, 2.05) is 6.92 Å². The van der Waals surface area contributed by atoms with Crippen molar-refractivity contribution < 1.29 is 27.9 Å². The molecule has 174 valence electrons. The Hall–Kier alpha value is -2.72. The molecule has 1 aromatic heterocycles. The molecule has 4 unspecified atom stereocenters. The Bertz CT molecular complexity index is 1030. The minimum Gasteiger partial charge on any atom is -0.468 e. The third kappa shape index (κ3) is 5.95. The summed E-state index contributed by atoms with van der Waals surface area (Å²) in [6.07, 6.45) is 1.03.